The molecule has 0 bridgehead atoms. The van der Waals surface area contributed by atoms with Crippen LogP contribution in [0, 0.1) is 0 Å². The molecule has 0 spiro atoms. The SMILES string of the molecule is FC(F)(F)c1ccccc1B1OCCO1. The van der Waals surface area contributed by atoms with Gasteiger partial charge in [-0.1, -0.05) is 24.3 Å². The average molecular weight is 216 g/mol. The molecule has 0 aromatic heterocycles. The third kappa shape index (κ3) is 2.16. The Morgan fingerprint density at radius 1 is 1.07 bits per heavy atom. The highest BCUT2D eigenvalue weighted by Crippen LogP contribution is 2.28. The van der Waals surface area contributed by atoms with Crippen LogP contribution in [0.2, 0.25) is 0 Å². The molecule has 1 aromatic carbocycles. The Balaban J connectivity index is 2.37. The zero-order valence-corrected chi connectivity index (χ0v) is 7.75. The predicted octanol–water partition coefficient (Wildman–Crippen LogP) is 1.45. The molecule has 1 heterocycles. The van der Waals surface area contributed by atoms with Crippen molar-refractivity contribution in [3.8, 4) is 0 Å². The first-order valence-electron chi connectivity index (χ1n) is 4.48. The van der Waals surface area contributed by atoms with E-state index in [1.165, 1.54) is 18.2 Å². The summed E-state index contributed by atoms with van der Waals surface area (Å²) in [5.41, 5.74) is -0.653. The molecule has 0 aliphatic carbocycles. The van der Waals surface area contributed by atoms with Crippen molar-refractivity contribution in [2.24, 2.45) is 0 Å². The first kappa shape index (κ1) is 10.5. The van der Waals surface area contributed by atoms with E-state index in [1.54, 1.807) is 0 Å². The number of hydrogen-bond donors (Lipinski definition) is 0. The molecule has 2 nitrogen and oxygen atoms in total. The second-order valence-corrected chi connectivity index (χ2v) is 3.16. The van der Waals surface area contributed by atoms with Gasteiger partial charge in [-0.2, -0.15) is 13.2 Å². The van der Waals surface area contributed by atoms with Crippen molar-refractivity contribution in [1.29, 1.82) is 0 Å². The van der Waals surface area contributed by atoms with Crippen LogP contribution in [0.15, 0.2) is 24.3 Å². The molecule has 0 amide bonds. The van der Waals surface area contributed by atoms with Crippen molar-refractivity contribution in [3.05, 3.63) is 29.8 Å². The topological polar surface area (TPSA) is 18.5 Å². The van der Waals surface area contributed by atoms with E-state index >= 15 is 0 Å². The van der Waals surface area contributed by atoms with Crippen LogP contribution in [0.1, 0.15) is 5.56 Å². The first-order chi connectivity index (χ1) is 7.09. The lowest BCUT2D eigenvalue weighted by Crippen LogP contribution is -2.37. The number of alkyl halides is 3. The quantitative estimate of drug-likeness (QED) is 0.661. The summed E-state index contributed by atoms with van der Waals surface area (Å²) in [5, 5.41) is 0. The fourth-order valence-electron chi connectivity index (χ4n) is 1.50. The molecule has 1 aliphatic heterocycles. The van der Waals surface area contributed by atoms with Crippen LogP contribution < -0.4 is 5.46 Å². The van der Waals surface area contributed by atoms with Crippen molar-refractivity contribution in [2.45, 2.75) is 6.18 Å². The number of hydrogen-bond acceptors (Lipinski definition) is 2. The van der Waals surface area contributed by atoms with Crippen molar-refractivity contribution in [3.63, 3.8) is 0 Å². The maximum Gasteiger partial charge on any atom is 0.494 e. The second-order valence-electron chi connectivity index (χ2n) is 3.16. The minimum atomic E-state index is -4.37. The predicted molar refractivity (Wildman–Crippen MR) is 48.7 cm³/mol. The van der Waals surface area contributed by atoms with E-state index in [9.17, 15) is 13.2 Å². The number of benzene rings is 1. The Morgan fingerprint density at radius 3 is 2.27 bits per heavy atom. The lowest BCUT2D eigenvalue weighted by atomic mass is 9.76. The van der Waals surface area contributed by atoms with Crippen LogP contribution in [0.3, 0.4) is 0 Å². The van der Waals surface area contributed by atoms with Crippen molar-refractivity contribution in [2.75, 3.05) is 13.2 Å². The van der Waals surface area contributed by atoms with Gasteiger partial charge in [0.05, 0.1) is 18.8 Å². The Kier molecular flexibility index (Phi) is 2.71. The molecular formula is C9H8BF3O2. The zero-order valence-electron chi connectivity index (χ0n) is 7.75. The molecular weight excluding hydrogens is 208 g/mol. The third-order valence-electron chi connectivity index (χ3n) is 2.14. The minimum Gasteiger partial charge on any atom is -0.405 e. The molecule has 0 atom stereocenters. The Labute approximate surface area is 85.1 Å². The monoisotopic (exact) mass is 216 g/mol. The van der Waals surface area contributed by atoms with Gasteiger partial charge in [-0.25, -0.2) is 0 Å². The van der Waals surface area contributed by atoms with Gasteiger partial charge < -0.3 is 9.31 Å². The highest BCUT2D eigenvalue weighted by molar-refractivity contribution is 6.62. The van der Waals surface area contributed by atoms with Gasteiger partial charge in [-0.3, -0.25) is 0 Å². The molecule has 6 heteroatoms. The summed E-state index contributed by atoms with van der Waals surface area (Å²) in [5.74, 6) is 0. The highest BCUT2D eigenvalue weighted by atomic mass is 19.4. The van der Waals surface area contributed by atoms with Crippen molar-refractivity contribution < 1.29 is 22.5 Å². The Hall–Kier alpha value is -1.01. The fourth-order valence-corrected chi connectivity index (χ4v) is 1.50. The molecule has 1 fully saturated rings. The summed E-state index contributed by atoms with van der Waals surface area (Å²) in [6.45, 7) is 0.660. The standard InChI is InChI=1S/C9H8BF3O2/c11-9(12,13)7-3-1-2-4-8(7)10-14-5-6-15-10/h1-4H,5-6H2. The minimum absolute atomic E-state index is 0.0440. The number of halogens is 3. The van der Waals surface area contributed by atoms with Gasteiger partial charge in [-0.05, 0) is 5.46 Å². The maximum absolute atomic E-state index is 12.6. The summed E-state index contributed by atoms with van der Waals surface area (Å²) in [6, 6.07) is 5.29. The van der Waals surface area contributed by atoms with Gasteiger partial charge in [0.2, 0.25) is 0 Å². The lowest BCUT2D eigenvalue weighted by Gasteiger charge is -2.13. The number of rotatable bonds is 1. The fraction of sp³-hybridized carbons (Fsp3) is 0.333. The molecule has 0 radical (unpaired) electrons. The van der Waals surface area contributed by atoms with Gasteiger partial charge in [0.15, 0.2) is 0 Å². The average Bonchev–Trinajstić information content (AvgIpc) is 2.69. The van der Waals surface area contributed by atoms with Gasteiger partial charge in [0.25, 0.3) is 0 Å². The molecule has 1 aliphatic rings. The molecule has 2 rings (SSSR count). The Morgan fingerprint density at radius 2 is 1.67 bits per heavy atom. The van der Waals surface area contributed by atoms with E-state index in [-0.39, 0.29) is 5.46 Å². The zero-order chi connectivity index (χ0) is 10.9. The third-order valence-corrected chi connectivity index (χ3v) is 2.14. The van der Waals surface area contributed by atoms with E-state index in [4.69, 9.17) is 9.31 Å². The van der Waals surface area contributed by atoms with Crippen LogP contribution in [-0.2, 0) is 15.5 Å². The maximum atomic E-state index is 12.6. The molecule has 0 unspecified atom stereocenters. The first-order valence-corrected chi connectivity index (χ1v) is 4.48. The van der Waals surface area contributed by atoms with Crippen LogP contribution in [0.5, 0.6) is 0 Å². The molecule has 0 saturated carbocycles. The molecule has 1 saturated heterocycles. The molecule has 15 heavy (non-hydrogen) atoms. The highest BCUT2D eigenvalue weighted by Gasteiger charge is 2.39. The van der Waals surface area contributed by atoms with Crippen LogP contribution in [0.25, 0.3) is 0 Å². The normalized spacial score (nSPS) is 17.1. The summed E-state index contributed by atoms with van der Waals surface area (Å²) in [4.78, 5) is 0. The van der Waals surface area contributed by atoms with Gasteiger partial charge >= 0.3 is 13.3 Å². The van der Waals surface area contributed by atoms with Crippen LogP contribution in [-0.4, -0.2) is 20.3 Å². The van der Waals surface area contributed by atoms with Crippen LogP contribution >= 0.6 is 0 Å². The summed E-state index contributed by atoms with van der Waals surface area (Å²) in [7, 11) is -0.886. The summed E-state index contributed by atoms with van der Waals surface area (Å²) >= 11 is 0. The van der Waals surface area contributed by atoms with E-state index < -0.39 is 18.9 Å². The Bertz CT molecular complexity index is 347. The van der Waals surface area contributed by atoms with E-state index in [1.807, 2.05) is 0 Å². The molecule has 0 N–H and O–H groups in total. The van der Waals surface area contributed by atoms with Gasteiger partial charge in [0.1, 0.15) is 0 Å². The molecule has 80 valence electrons. The van der Waals surface area contributed by atoms with Crippen LogP contribution in [0.4, 0.5) is 13.2 Å². The van der Waals surface area contributed by atoms with Gasteiger partial charge in [0, 0.05) is 0 Å². The van der Waals surface area contributed by atoms with E-state index in [0.717, 1.165) is 6.07 Å². The largest absolute Gasteiger partial charge is 0.494 e. The second kappa shape index (κ2) is 3.86. The van der Waals surface area contributed by atoms with Crippen molar-refractivity contribution in [1.82, 2.24) is 0 Å². The van der Waals surface area contributed by atoms with E-state index in [0.29, 0.717) is 13.2 Å². The van der Waals surface area contributed by atoms with E-state index in [2.05, 4.69) is 0 Å². The van der Waals surface area contributed by atoms with Crippen molar-refractivity contribution >= 4 is 12.6 Å². The summed E-state index contributed by atoms with van der Waals surface area (Å²) in [6.07, 6.45) is -4.37. The van der Waals surface area contributed by atoms with Gasteiger partial charge in [-0.15, -0.1) is 0 Å². The smallest absolute Gasteiger partial charge is 0.405 e. The summed E-state index contributed by atoms with van der Waals surface area (Å²) < 4.78 is 47.9. The molecule has 1 aromatic rings. The lowest BCUT2D eigenvalue weighted by molar-refractivity contribution is -0.136.